The van der Waals surface area contributed by atoms with Crippen LogP contribution in [0.25, 0.3) is 0 Å². The second-order valence-electron chi connectivity index (χ2n) is 4.14. The minimum atomic E-state index is -0.164. The predicted molar refractivity (Wildman–Crippen MR) is 64.9 cm³/mol. The van der Waals surface area contributed by atoms with Crippen LogP contribution in [0.1, 0.15) is 12.8 Å². The van der Waals surface area contributed by atoms with Gasteiger partial charge >= 0.3 is 0 Å². The van der Waals surface area contributed by atoms with Crippen LogP contribution in [-0.4, -0.2) is 31.4 Å². The molecule has 0 aliphatic carbocycles. The van der Waals surface area contributed by atoms with Crippen LogP contribution in [0.15, 0.2) is 18.2 Å². The van der Waals surface area contributed by atoms with Crippen LogP contribution in [0.3, 0.4) is 0 Å². The van der Waals surface area contributed by atoms with Gasteiger partial charge in [0.15, 0.2) is 0 Å². The molecule has 0 amide bonds. The number of nitrogens with zero attached hydrogens (tertiary/aromatic N) is 1. The van der Waals surface area contributed by atoms with Gasteiger partial charge in [0.1, 0.15) is 5.75 Å². The van der Waals surface area contributed by atoms with Gasteiger partial charge in [-0.2, -0.15) is 0 Å². The Morgan fingerprint density at radius 2 is 2.06 bits per heavy atom. The van der Waals surface area contributed by atoms with Crippen molar-refractivity contribution in [3.63, 3.8) is 0 Å². The Morgan fingerprint density at radius 1 is 1.38 bits per heavy atom. The summed E-state index contributed by atoms with van der Waals surface area (Å²) in [5.41, 5.74) is 7.72. The van der Waals surface area contributed by atoms with E-state index in [0.29, 0.717) is 0 Å². The number of nitrogen functional groups attached to an aromatic ring is 1. The van der Waals surface area contributed by atoms with Gasteiger partial charge in [0, 0.05) is 19.2 Å². The lowest BCUT2D eigenvalue weighted by atomic mass is 10.1. The van der Waals surface area contributed by atoms with Crippen molar-refractivity contribution >= 4 is 11.4 Å². The molecule has 0 atom stereocenters. The Kier molecular flexibility index (Phi) is 3.19. The molecule has 4 nitrogen and oxygen atoms in total. The van der Waals surface area contributed by atoms with E-state index in [1.54, 1.807) is 7.11 Å². The molecule has 1 aliphatic heterocycles. The standard InChI is InChI=1S/C12H18N2O2/c1-16-10-2-3-11(13)12(8-10)14-6-4-9(15)5-7-14/h2-3,8-9,15H,4-7,13H2,1H3. The van der Waals surface area contributed by atoms with Crippen molar-refractivity contribution in [2.75, 3.05) is 30.8 Å². The fourth-order valence-corrected chi connectivity index (χ4v) is 2.03. The number of rotatable bonds is 2. The number of hydrogen-bond acceptors (Lipinski definition) is 4. The highest BCUT2D eigenvalue weighted by molar-refractivity contribution is 5.69. The third kappa shape index (κ3) is 2.22. The maximum atomic E-state index is 9.46. The number of anilines is 2. The van der Waals surface area contributed by atoms with E-state index in [-0.39, 0.29) is 6.10 Å². The summed E-state index contributed by atoms with van der Waals surface area (Å²) in [6.07, 6.45) is 1.44. The Morgan fingerprint density at radius 3 is 2.69 bits per heavy atom. The molecule has 4 heteroatoms. The van der Waals surface area contributed by atoms with Crippen LogP contribution in [-0.2, 0) is 0 Å². The number of piperidine rings is 1. The quantitative estimate of drug-likeness (QED) is 0.739. The highest BCUT2D eigenvalue weighted by Crippen LogP contribution is 2.30. The monoisotopic (exact) mass is 222 g/mol. The second-order valence-corrected chi connectivity index (χ2v) is 4.14. The van der Waals surface area contributed by atoms with Gasteiger partial charge in [-0.3, -0.25) is 0 Å². The van der Waals surface area contributed by atoms with Gasteiger partial charge in [0.2, 0.25) is 0 Å². The van der Waals surface area contributed by atoms with E-state index in [0.717, 1.165) is 43.1 Å². The van der Waals surface area contributed by atoms with Gasteiger partial charge in [0.05, 0.1) is 24.6 Å². The molecule has 1 saturated heterocycles. The third-order valence-electron chi connectivity index (χ3n) is 3.04. The molecule has 1 heterocycles. The molecule has 3 N–H and O–H groups in total. The molecule has 0 unspecified atom stereocenters. The molecule has 0 spiro atoms. The molecular weight excluding hydrogens is 204 g/mol. The summed E-state index contributed by atoms with van der Waals surface area (Å²) in [6, 6.07) is 5.67. The van der Waals surface area contributed by atoms with Crippen molar-refractivity contribution in [2.45, 2.75) is 18.9 Å². The zero-order valence-corrected chi connectivity index (χ0v) is 9.52. The van der Waals surface area contributed by atoms with Crippen molar-refractivity contribution in [1.29, 1.82) is 0 Å². The van der Waals surface area contributed by atoms with E-state index in [1.807, 2.05) is 18.2 Å². The van der Waals surface area contributed by atoms with Crippen molar-refractivity contribution in [2.24, 2.45) is 0 Å². The Balaban J connectivity index is 2.19. The molecule has 1 aromatic rings. The van der Waals surface area contributed by atoms with Crippen LogP contribution >= 0.6 is 0 Å². The highest BCUT2D eigenvalue weighted by Gasteiger charge is 2.19. The van der Waals surface area contributed by atoms with E-state index in [4.69, 9.17) is 10.5 Å². The van der Waals surface area contributed by atoms with Gasteiger partial charge in [-0.05, 0) is 25.0 Å². The van der Waals surface area contributed by atoms with E-state index >= 15 is 0 Å². The summed E-state index contributed by atoms with van der Waals surface area (Å²) in [5.74, 6) is 0.815. The maximum absolute atomic E-state index is 9.46. The molecule has 16 heavy (non-hydrogen) atoms. The molecule has 0 radical (unpaired) electrons. The molecule has 0 bridgehead atoms. The number of aliphatic hydroxyl groups excluding tert-OH is 1. The number of hydrogen-bond donors (Lipinski definition) is 2. The normalized spacial score (nSPS) is 17.5. The van der Waals surface area contributed by atoms with Crippen molar-refractivity contribution in [3.05, 3.63) is 18.2 Å². The van der Waals surface area contributed by atoms with E-state index < -0.39 is 0 Å². The average molecular weight is 222 g/mol. The SMILES string of the molecule is COc1ccc(N)c(N2CCC(O)CC2)c1. The molecule has 1 fully saturated rings. The molecule has 1 aromatic carbocycles. The molecular formula is C12H18N2O2. The first-order valence-corrected chi connectivity index (χ1v) is 5.57. The number of methoxy groups -OCH3 is 1. The fourth-order valence-electron chi connectivity index (χ4n) is 2.03. The third-order valence-corrected chi connectivity index (χ3v) is 3.04. The van der Waals surface area contributed by atoms with Gasteiger partial charge in [-0.15, -0.1) is 0 Å². The molecule has 2 rings (SSSR count). The van der Waals surface area contributed by atoms with E-state index in [9.17, 15) is 5.11 Å². The van der Waals surface area contributed by atoms with Crippen molar-refractivity contribution in [3.8, 4) is 5.75 Å². The summed E-state index contributed by atoms with van der Waals surface area (Å²) < 4.78 is 5.19. The first kappa shape index (κ1) is 11.1. The molecule has 1 aliphatic rings. The minimum Gasteiger partial charge on any atom is -0.497 e. The zero-order valence-electron chi connectivity index (χ0n) is 9.52. The molecule has 0 saturated carbocycles. The van der Waals surface area contributed by atoms with Gasteiger partial charge in [-0.1, -0.05) is 0 Å². The summed E-state index contributed by atoms with van der Waals surface area (Å²) >= 11 is 0. The second kappa shape index (κ2) is 4.61. The average Bonchev–Trinajstić information content (AvgIpc) is 2.31. The van der Waals surface area contributed by atoms with E-state index in [1.165, 1.54) is 0 Å². The number of benzene rings is 1. The molecule has 88 valence electrons. The van der Waals surface area contributed by atoms with Gasteiger partial charge < -0.3 is 20.5 Å². The molecule has 0 aromatic heterocycles. The predicted octanol–water partition coefficient (Wildman–Crippen LogP) is 1.24. The topological polar surface area (TPSA) is 58.7 Å². The van der Waals surface area contributed by atoms with Crippen molar-refractivity contribution < 1.29 is 9.84 Å². The van der Waals surface area contributed by atoms with E-state index in [2.05, 4.69) is 4.90 Å². The first-order valence-electron chi connectivity index (χ1n) is 5.57. The van der Waals surface area contributed by atoms with Crippen LogP contribution in [0.4, 0.5) is 11.4 Å². The first-order chi connectivity index (χ1) is 7.70. The summed E-state index contributed by atoms with van der Waals surface area (Å²) in [5, 5.41) is 9.46. The largest absolute Gasteiger partial charge is 0.497 e. The zero-order chi connectivity index (χ0) is 11.5. The number of aliphatic hydroxyl groups is 1. The van der Waals surface area contributed by atoms with Crippen LogP contribution < -0.4 is 15.4 Å². The lowest BCUT2D eigenvalue weighted by molar-refractivity contribution is 0.145. The van der Waals surface area contributed by atoms with Crippen LogP contribution in [0.5, 0.6) is 5.75 Å². The summed E-state index contributed by atoms with van der Waals surface area (Å²) in [7, 11) is 1.65. The van der Waals surface area contributed by atoms with Gasteiger partial charge in [-0.25, -0.2) is 0 Å². The Bertz CT molecular complexity index is 360. The fraction of sp³-hybridized carbons (Fsp3) is 0.500. The summed E-state index contributed by atoms with van der Waals surface area (Å²) in [4.78, 5) is 2.20. The van der Waals surface area contributed by atoms with Crippen LogP contribution in [0, 0.1) is 0 Å². The minimum absolute atomic E-state index is 0.164. The smallest absolute Gasteiger partial charge is 0.121 e. The number of ether oxygens (including phenoxy) is 1. The van der Waals surface area contributed by atoms with Crippen LogP contribution in [0.2, 0.25) is 0 Å². The Labute approximate surface area is 95.6 Å². The van der Waals surface area contributed by atoms with Gasteiger partial charge in [0.25, 0.3) is 0 Å². The lowest BCUT2D eigenvalue weighted by Gasteiger charge is -2.32. The highest BCUT2D eigenvalue weighted by atomic mass is 16.5. The van der Waals surface area contributed by atoms with Crippen molar-refractivity contribution in [1.82, 2.24) is 0 Å². The lowest BCUT2D eigenvalue weighted by Crippen LogP contribution is -2.36. The number of nitrogens with two attached hydrogens (primary N) is 1. The maximum Gasteiger partial charge on any atom is 0.121 e. The summed E-state index contributed by atoms with van der Waals surface area (Å²) in [6.45, 7) is 1.69. The Hall–Kier alpha value is -1.42.